The van der Waals surface area contributed by atoms with E-state index in [1.165, 1.54) is 12.8 Å². The van der Waals surface area contributed by atoms with Crippen molar-refractivity contribution in [3.8, 4) is 0 Å². The molecule has 1 unspecified atom stereocenters. The molecule has 0 saturated heterocycles. The van der Waals surface area contributed by atoms with Crippen molar-refractivity contribution in [2.24, 2.45) is 23.2 Å². The number of carbonyl (C=O) groups is 1. The zero-order valence-electron chi connectivity index (χ0n) is 7.55. The van der Waals surface area contributed by atoms with Gasteiger partial charge < -0.3 is 0 Å². The molecule has 2 aliphatic rings. The lowest BCUT2D eigenvalue weighted by atomic mass is 9.72. The van der Waals surface area contributed by atoms with Crippen LogP contribution >= 0.6 is 0 Å². The highest BCUT2D eigenvalue weighted by molar-refractivity contribution is 5.90. The first-order chi connectivity index (χ1) is 5.03. The van der Waals surface area contributed by atoms with Crippen LogP contribution in [0.3, 0.4) is 0 Å². The summed E-state index contributed by atoms with van der Waals surface area (Å²) in [6.45, 7) is 6.45. The third-order valence-corrected chi connectivity index (χ3v) is 3.87. The Labute approximate surface area is 68.2 Å². The molecule has 0 radical (unpaired) electrons. The van der Waals surface area contributed by atoms with Gasteiger partial charge in [0, 0.05) is 11.3 Å². The van der Waals surface area contributed by atoms with E-state index in [1.807, 2.05) is 0 Å². The molecule has 0 heterocycles. The van der Waals surface area contributed by atoms with Gasteiger partial charge in [-0.15, -0.1) is 0 Å². The van der Waals surface area contributed by atoms with Gasteiger partial charge in [0.05, 0.1) is 0 Å². The van der Waals surface area contributed by atoms with Crippen LogP contribution in [0.25, 0.3) is 0 Å². The number of Topliss-reactive ketones (excluding diaryl/α,β-unsaturated/α-hetero) is 1. The second kappa shape index (κ2) is 1.88. The smallest absolute Gasteiger partial charge is 0.142 e. The molecule has 1 heteroatoms. The quantitative estimate of drug-likeness (QED) is 0.520. The zero-order valence-corrected chi connectivity index (χ0v) is 7.55. The second-order valence-corrected chi connectivity index (χ2v) is 4.84. The summed E-state index contributed by atoms with van der Waals surface area (Å²) in [4.78, 5) is 11.7. The minimum atomic E-state index is 0.0111. The molecule has 0 amide bonds. The molecule has 0 N–H and O–H groups in total. The maximum absolute atomic E-state index is 11.7. The number of hydrogen-bond acceptors (Lipinski definition) is 1. The monoisotopic (exact) mass is 152 g/mol. The van der Waals surface area contributed by atoms with Crippen molar-refractivity contribution in [1.29, 1.82) is 0 Å². The van der Waals surface area contributed by atoms with E-state index in [4.69, 9.17) is 0 Å². The molecule has 3 atom stereocenters. The van der Waals surface area contributed by atoms with Crippen LogP contribution in [0.2, 0.25) is 0 Å². The molecule has 0 aliphatic heterocycles. The summed E-state index contributed by atoms with van der Waals surface area (Å²) in [5.74, 6) is 2.30. The normalized spacial score (nSPS) is 46.8. The minimum Gasteiger partial charge on any atom is -0.299 e. The van der Waals surface area contributed by atoms with E-state index in [2.05, 4.69) is 20.8 Å². The predicted octanol–water partition coefficient (Wildman–Crippen LogP) is 2.26. The minimum absolute atomic E-state index is 0.0111. The topological polar surface area (TPSA) is 17.1 Å². The lowest BCUT2D eigenvalue weighted by Crippen LogP contribution is -2.33. The molecule has 2 aliphatic carbocycles. The average molecular weight is 152 g/mol. The number of hydrogen-bond donors (Lipinski definition) is 0. The van der Waals surface area contributed by atoms with Crippen molar-refractivity contribution < 1.29 is 4.79 Å². The van der Waals surface area contributed by atoms with E-state index in [0.717, 1.165) is 0 Å². The fourth-order valence-electron chi connectivity index (χ4n) is 2.88. The van der Waals surface area contributed by atoms with Crippen molar-refractivity contribution in [3.63, 3.8) is 0 Å². The summed E-state index contributed by atoms with van der Waals surface area (Å²) < 4.78 is 0. The highest BCUT2D eigenvalue weighted by atomic mass is 16.1. The van der Waals surface area contributed by atoms with Crippen LogP contribution in [0.5, 0.6) is 0 Å². The molecule has 11 heavy (non-hydrogen) atoms. The third kappa shape index (κ3) is 0.743. The van der Waals surface area contributed by atoms with Gasteiger partial charge in [0.15, 0.2) is 0 Å². The van der Waals surface area contributed by atoms with E-state index in [-0.39, 0.29) is 5.41 Å². The highest BCUT2D eigenvalue weighted by Gasteiger charge is 2.54. The fourth-order valence-corrected chi connectivity index (χ4v) is 2.88. The Balaban J connectivity index is 2.32. The van der Waals surface area contributed by atoms with Crippen LogP contribution in [0, 0.1) is 23.2 Å². The lowest BCUT2D eigenvalue weighted by molar-refractivity contribution is -0.131. The summed E-state index contributed by atoms with van der Waals surface area (Å²) in [6, 6.07) is 0. The van der Waals surface area contributed by atoms with Crippen LogP contribution in [-0.4, -0.2) is 5.78 Å². The van der Waals surface area contributed by atoms with Crippen molar-refractivity contribution in [2.45, 2.75) is 33.6 Å². The largest absolute Gasteiger partial charge is 0.299 e. The molecule has 2 bridgehead atoms. The Morgan fingerprint density at radius 2 is 2.00 bits per heavy atom. The first-order valence-corrected chi connectivity index (χ1v) is 4.58. The van der Waals surface area contributed by atoms with Crippen molar-refractivity contribution in [2.75, 3.05) is 0 Å². The Morgan fingerprint density at radius 3 is 2.36 bits per heavy atom. The van der Waals surface area contributed by atoms with Gasteiger partial charge >= 0.3 is 0 Å². The Bertz CT molecular complexity index is 205. The third-order valence-electron chi connectivity index (χ3n) is 3.87. The summed E-state index contributed by atoms with van der Waals surface area (Å²) in [5.41, 5.74) is 0.0111. The van der Waals surface area contributed by atoms with E-state index in [9.17, 15) is 4.79 Å². The number of fused-ring (bicyclic) bond motifs is 2. The number of ketones is 1. The molecule has 1 nitrogen and oxygen atoms in total. The van der Waals surface area contributed by atoms with Crippen molar-refractivity contribution in [3.05, 3.63) is 0 Å². The summed E-state index contributed by atoms with van der Waals surface area (Å²) in [5, 5.41) is 0. The standard InChI is InChI=1S/C10H16O/c1-6-4-7-5-8(6)9(11)10(7,2)3/h6-8H,4-5H2,1-3H3/t6?,7-,8+/m0/s1. The van der Waals surface area contributed by atoms with Crippen molar-refractivity contribution >= 4 is 5.78 Å². The summed E-state index contributed by atoms with van der Waals surface area (Å²) in [6.07, 6.45) is 2.45. The summed E-state index contributed by atoms with van der Waals surface area (Å²) in [7, 11) is 0. The van der Waals surface area contributed by atoms with E-state index in [1.54, 1.807) is 0 Å². The Kier molecular flexibility index (Phi) is 1.25. The molecule has 62 valence electrons. The lowest BCUT2D eigenvalue weighted by Gasteiger charge is -2.30. The molecule has 0 aromatic rings. The molecule has 2 fully saturated rings. The molecule has 2 rings (SSSR count). The van der Waals surface area contributed by atoms with Gasteiger partial charge in [0.1, 0.15) is 5.78 Å². The van der Waals surface area contributed by atoms with E-state index in [0.29, 0.717) is 23.5 Å². The molecule has 0 aromatic carbocycles. The van der Waals surface area contributed by atoms with E-state index >= 15 is 0 Å². The first-order valence-electron chi connectivity index (χ1n) is 4.58. The predicted molar refractivity (Wildman–Crippen MR) is 44.2 cm³/mol. The Morgan fingerprint density at radius 1 is 1.36 bits per heavy atom. The van der Waals surface area contributed by atoms with Gasteiger partial charge in [-0.3, -0.25) is 4.79 Å². The summed E-state index contributed by atoms with van der Waals surface area (Å²) >= 11 is 0. The van der Waals surface area contributed by atoms with Crippen LogP contribution in [0.15, 0.2) is 0 Å². The zero-order chi connectivity index (χ0) is 8.22. The molecule has 0 spiro atoms. The maximum Gasteiger partial charge on any atom is 0.142 e. The molecule has 0 aromatic heterocycles. The maximum atomic E-state index is 11.7. The number of carbonyl (C=O) groups excluding carboxylic acids is 1. The van der Waals surface area contributed by atoms with Crippen molar-refractivity contribution in [1.82, 2.24) is 0 Å². The average Bonchev–Trinajstić information content (AvgIpc) is 2.36. The first kappa shape index (κ1) is 7.33. The van der Waals surface area contributed by atoms with Crippen LogP contribution in [0.4, 0.5) is 0 Å². The van der Waals surface area contributed by atoms with Gasteiger partial charge in [-0.25, -0.2) is 0 Å². The van der Waals surface area contributed by atoms with Crippen LogP contribution < -0.4 is 0 Å². The van der Waals surface area contributed by atoms with Gasteiger partial charge in [0.25, 0.3) is 0 Å². The van der Waals surface area contributed by atoms with Gasteiger partial charge in [-0.05, 0) is 24.7 Å². The molecular weight excluding hydrogens is 136 g/mol. The van der Waals surface area contributed by atoms with Gasteiger partial charge in [-0.1, -0.05) is 20.8 Å². The van der Waals surface area contributed by atoms with Crippen LogP contribution in [0.1, 0.15) is 33.6 Å². The Hall–Kier alpha value is -0.330. The number of rotatable bonds is 0. The SMILES string of the molecule is CC1C[C@H]2C[C@H]1C(=O)C2(C)C. The second-order valence-electron chi connectivity index (χ2n) is 4.84. The fraction of sp³-hybridized carbons (Fsp3) is 0.900. The van der Waals surface area contributed by atoms with Gasteiger partial charge in [0.2, 0.25) is 0 Å². The molecular formula is C10H16O. The van der Waals surface area contributed by atoms with Crippen LogP contribution in [-0.2, 0) is 4.79 Å². The molecule has 2 saturated carbocycles. The van der Waals surface area contributed by atoms with Gasteiger partial charge in [-0.2, -0.15) is 0 Å². The highest BCUT2D eigenvalue weighted by Crippen LogP contribution is 2.55. The van der Waals surface area contributed by atoms with E-state index < -0.39 is 0 Å².